The first-order chi connectivity index (χ1) is 15.9. The van der Waals surface area contributed by atoms with Crippen LogP contribution >= 0.6 is 0 Å². The van der Waals surface area contributed by atoms with Crippen molar-refractivity contribution in [1.82, 2.24) is 24.8 Å². The summed E-state index contributed by atoms with van der Waals surface area (Å²) in [6.45, 7) is 5.33. The highest BCUT2D eigenvalue weighted by Crippen LogP contribution is 2.38. The molecule has 1 saturated heterocycles. The number of likely N-dealkylation sites (N-methyl/N-ethyl adjacent to an activating group) is 1. The molecule has 0 amide bonds. The molecule has 0 aliphatic carbocycles. The number of methoxy groups -OCH3 is 2. The predicted molar refractivity (Wildman–Crippen MR) is 123 cm³/mol. The van der Waals surface area contributed by atoms with E-state index in [0.29, 0.717) is 23.3 Å². The molecule has 33 heavy (non-hydrogen) atoms. The molecule has 3 N–H and O–H groups in total. The van der Waals surface area contributed by atoms with Gasteiger partial charge in [-0.3, -0.25) is 4.90 Å². The molecule has 0 atom stereocenters. The summed E-state index contributed by atoms with van der Waals surface area (Å²) in [5.74, 6) is -1.60. The van der Waals surface area contributed by atoms with Crippen LogP contribution in [0.25, 0.3) is 22.2 Å². The van der Waals surface area contributed by atoms with Crippen molar-refractivity contribution in [3.8, 4) is 22.8 Å². The third kappa shape index (κ3) is 4.74. The van der Waals surface area contributed by atoms with Crippen LogP contribution in [0.5, 0.6) is 11.5 Å². The monoisotopic (exact) mass is 459 g/mol. The van der Waals surface area contributed by atoms with Gasteiger partial charge in [-0.1, -0.05) is 0 Å². The Morgan fingerprint density at radius 3 is 2.33 bits per heavy atom. The fraction of sp³-hybridized carbons (Fsp3) is 0.409. The Kier molecular flexibility index (Phi) is 6.70. The number of fused-ring (bicyclic) bond motifs is 1. The number of nitrogens with two attached hydrogens (primary N) is 1. The highest BCUT2D eigenvalue weighted by Gasteiger charge is 2.24. The van der Waals surface area contributed by atoms with E-state index >= 15 is 8.78 Å². The van der Waals surface area contributed by atoms with Gasteiger partial charge in [0.05, 0.1) is 25.5 Å². The van der Waals surface area contributed by atoms with Crippen LogP contribution in [0.1, 0.15) is 0 Å². The molecule has 1 fully saturated rings. The Bertz CT molecular complexity index is 1130. The predicted octanol–water partition coefficient (Wildman–Crippen LogP) is 2.23. The Morgan fingerprint density at radius 2 is 1.70 bits per heavy atom. The van der Waals surface area contributed by atoms with E-state index in [4.69, 9.17) is 15.2 Å². The van der Waals surface area contributed by atoms with Crippen molar-refractivity contribution in [3.63, 3.8) is 0 Å². The number of halogens is 2. The van der Waals surface area contributed by atoms with Crippen molar-refractivity contribution < 1.29 is 18.3 Å². The summed E-state index contributed by atoms with van der Waals surface area (Å²) in [6.07, 6.45) is 1.50. The van der Waals surface area contributed by atoms with Crippen LogP contribution in [0.15, 0.2) is 18.3 Å². The summed E-state index contributed by atoms with van der Waals surface area (Å²) >= 11 is 0. The number of ether oxygens (including phenoxy) is 2. The number of pyridine rings is 1. The summed E-state index contributed by atoms with van der Waals surface area (Å²) in [4.78, 5) is 17.4. The quantitative estimate of drug-likeness (QED) is 0.551. The van der Waals surface area contributed by atoms with Crippen molar-refractivity contribution in [2.75, 3.05) is 71.6 Å². The topological polar surface area (TPSA) is 102 Å². The van der Waals surface area contributed by atoms with E-state index in [1.54, 1.807) is 0 Å². The third-order valence-electron chi connectivity index (χ3n) is 5.73. The van der Waals surface area contributed by atoms with E-state index in [2.05, 4.69) is 37.1 Å². The van der Waals surface area contributed by atoms with Gasteiger partial charge in [-0.25, -0.2) is 23.7 Å². The Morgan fingerprint density at radius 1 is 1.03 bits per heavy atom. The lowest BCUT2D eigenvalue weighted by Gasteiger charge is -2.32. The average Bonchev–Trinajstić information content (AvgIpc) is 2.81. The maximum absolute atomic E-state index is 15.1. The zero-order valence-corrected chi connectivity index (χ0v) is 18.9. The number of hydrogen-bond acceptors (Lipinski definition) is 9. The first-order valence-electron chi connectivity index (χ1n) is 10.6. The summed E-state index contributed by atoms with van der Waals surface area (Å²) in [5, 5.41) is 3.80. The van der Waals surface area contributed by atoms with Gasteiger partial charge in [0.25, 0.3) is 0 Å². The molecular weight excluding hydrogens is 432 g/mol. The lowest BCUT2D eigenvalue weighted by atomic mass is 10.1. The lowest BCUT2D eigenvalue weighted by molar-refractivity contribution is 0.158. The second kappa shape index (κ2) is 9.67. The van der Waals surface area contributed by atoms with Crippen molar-refractivity contribution in [3.05, 3.63) is 30.0 Å². The standard InChI is InChI=1S/C22H27F2N7O2/c1-30-6-8-31(9-7-30)5-4-26-21-20-13(12-27-22(25)29-20)10-14(28-21)17-18(23)15(32-2)11-16(33-3)19(17)24/h10-12H,4-9H2,1-3H3,(H,26,28)(H2,25,27,29). The molecule has 1 aliphatic rings. The molecule has 3 aromatic rings. The third-order valence-corrected chi connectivity index (χ3v) is 5.73. The number of hydrogen-bond donors (Lipinski definition) is 2. The Hall–Kier alpha value is -3.31. The van der Waals surface area contributed by atoms with Gasteiger partial charge in [-0.05, 0) is 13.1 Å². The number of anilines is 2. The zero-order chi connectivity index (χ0) is 23.5. The van der Waals surface area contributed by atoms with Gasteiger partial charge in [0.1, 0.15) is 5.52 Å². The number of rotatable bonds is 7. The maximum atomic E-state index is 15.1. The van der Waals surface area contributed by atoms with E-state index in [1.807, 2.05) is 0 Å². The molecule has 1 aromatic carbocycles. The van der Waals surface area contributed by atoms with E-state index < -0.39 is 11.6 Å². The normalized spacial score (nSPS) is 15.1. The summed E-state index contributed by atoms with van der Waals surface area (Å²) in [6, 6.07) is 2.68. The maximum Gasteiger partial charge on any atom is 0.220 e. The van der Waals surface area contributed by atoms with Gasteiger partial charge in [0.15, 0.2) is 29.0 Å². The number of nitrogens with zero attached hydrogens (tertiary/aromatic N) is 5. The molecule has 0 radical (unpaired) electrons. The summed E-state index contributed by atoms with van der Waals surface area (Å²) in [5.41, 5.74) is 5.96. The highest BCUT2D eigenvalue weighted by molar-refractivity contribution is 5.91. The van der Waals surface area contributed by atoms with Gasteiger partial charge in [0.2, 0.25) is 5.95 Å². The fourth-order valence-electron chi connectivity index (χ4n) is 3.82. The van der Waals surface area contributed by atoms with Crippen LogP contribution in [-0.4, -0.2) is 85.3 Å². The minimum Gasteiger partial charge on any atom is -0.494 e. The van der Waals surface area contributed by atoms with Crippen LogP contribution in [0.2, 0.25) is 0 Å². The fourth-order valence-corrected chi connectivity index (χ4v) is 3.82. The van der Waals surface area contributed by atoms with Gasteiger partial charge < -0.3 is 25.4 Å². The second-order valence-electron chi connectivity index (χ2n) is 7.88. The zero-order valence-electron chi connectivity index (χ0n) is 18.9. The van der Waals surface area contributed by atoms with Gasteiger partial charge in [-0.15, -0.1) is 0 Å². The van der Waals surface area contributed by atoms with Gasteiger partial charge >= 0.3 is 0 Å². The number of piperazine rings is 1. The van der Waals surface area contributed by atoms with E-state index in [9.17, 15) is 0 Å². The smallest absolute Gasteiger partial charge is 0.220 e. The minimum absolute atomic E-state index is 0.0603. The molecule has 0 unspecified atom stereocenters. The molecule has 176 valence electrons. The van der Waals surface area contributed by atoms with Crippen molar-refractivity contribution in [1.29, 1.82) is 0 Å². The molecule has 0 bridgehead atoms. The Labute approximate surface area is 190 Å². The molecule has 1 aliphatic heterocycles. The molecule has 2 aromatic heterocycles. The molecule has 0 spiro atoms. The van der Waals surface area contributed by atoms with Crippen LogP contribution < -0.4 is 20.5 Å². The summed E-state index contributed by atoms with van der Waals surface area (Å²) in [7, 11) is 4.71. The van der Waals surface area contributed by atoms with Gasteiger partial charge in [0, 0.05) is 56.9 Å². The highest BCUT2D eigenvalue weighted by atomic mass is 19.1. The van der Waals surface area contributed by atoms with Crippen molar-refractivity contribution >= 4 is 22.7 Å². The van der Waals surface area contributed by atoms with Gasteiger partial charge in [-0.2, -0.15) is 0 Å². The Balaban J connectivity index is 1.72. The average molecular weight is 460 g/mol. The lowest BCUT2D eigenvalue weighted by Crippen LogP contribution is -2.45. The largest absolute Gasteiger partial charge is 0.494 e. The summed E-state index contributed by atoms with van der Waals surface area (Å²) < 4.78 is 40.4. The van der Waals surface area contributed by atoms with E-state index in [0.717, 1.165) is 38.8 Å². The molecular formula is C22H27F2N7O2. The second-order valence-corrected chi connectivity index (χ2v) is 7.88. The van der Waals surface area contributed by atoms with Crippen LogP contribution in [-0.2, 0) is 0 Å². The molecule has 3 heterocycles. The molecule has 9 nitrogen and oxygen atoms in total. The van der Waals surface area contributed by atoms with Crippen LogP contribution in [0.4, 0.5) is 20.5 Å². The minimum atomic E-state index is -0.873. The molecule has 0 saturated carbocycles. The molecule has 4 rings (SSSR count). The van der Waals surface area contributed by atoms with Crippen LogP contribution in [0, 0.1) is 11.6 Å². The first kappa shape index (κ1) is 22.9. The van der Waals surface area contributed by atoms with Crippen molar-refractivity contribution in [2.45, 2.75) is 0 Å². The number of benzene rings is 1. The number of aromatic nitrogens is 3. The van der Waals surface area contributed by atoms with E-state index in [-0.39, 0.29) is 28.7 Å². The first-order valence-corrected chi connectivity index (χ1v) is 10.6. The number of nitrogens with one attached hydrogen (secondary N) is 1. The van der Waals surface area contributed by atoms with E-state index in [1.165, 1.54) is 26.5 Å². The SMILES string of the molecule is COc1cc(OC)c(F)c(-c2cc3cnc(N)nc3c(NCCN3CCN(C)CC3)n2)c1F. The van der Waals surface area contributed by atoms with Crippen molar-refractivity contribution in [2.24, 2.45) is 0 Å². The van der Waals surface area contributed by atoms with Crippen LogP contribution in [0.3, 0.4) is 0 Å². The number of nitrogen functional groups attached to an aromatic ring is 1. The molecule has 11 heteroatoms.